The van der Waals surface area contributed by atoms with Crippen LogP contribution in [0.2, 0.25) is 0 Å². The number of methoxy groups -OCH3 is 1. The zero-order valence-electron chi connectivity index (χ0n) is 14.9. The quantitative estimate of drug-likeness (QED) is 0.585. The van der Waals surface area contributed by atoms with Crippen LogP contribution < -0.4 is 9.04 Å². The van der Waals surface area contributed by atoms with Gasteiger partial charge in [-0.15, -0.1) is 10.2 Å². The van der Waals surface area contributed by atoms with Gasteiger partial charge in [0.1, 0.15) is 22.6 Å². The summed E-state index contributed by atoms with van der Waals surface area (Å²) in [6.07, 6.45) is -1.43. The molecule has 28 heavy (non-hydrogen) atoms. The van der Waals surface area contributed by atoms with E-state index in [1.165, 1.54) is 29.8 Å². The molecular formula is C18H16F3N3O3S. The summed E-state index contributed by atoms with van der Waals surface area (Å²) in [6.45, 7) is 0.00170. The molecule has 3 rings (SSSR count). The van der Waals surface area contributed by atoms with Crippen LogP contribution >= 0.6 is 0 Å². The molecule has 10 heteroatoms. The van der Waals surface area contributed by atoms with Crippen LogP contribution in [-0.2, 0) is 17.5 Å². The number of halogens is 3. The van der Waals surface area contributed by atoms with Gasteiger partial charge in [-0.3, -0.25) is 4.31 Å². The number of benzene rings is 2. The molecular weight excluding hydrogens is 395 g/mol. The highest BCUT2D eigenvalue weighted by Gasteiger charge is 2.20. The van der Waals surface area contributed by atoms with E-state index in [9.17, 15) is 17.4 Å². The Hall–Kier alpha value is -2.88. The third-order valence-corrected chi connectivity index (χ3v) is 4.85. The van der Waals surface area contributed by atoms with Gasteiger partial charge in [-0.05, 0) is 24.3 Å². The van der Waals surface area contributed by atoms with Crippen LogP contribution in [0.1, 0.15) is 17.9 Å². The highest BCUT2D eigenvalue weighted by atomic mass is 32.2. The minimum Gasteiger partial charge on any atom is -0.495 e. The molecule has 0 amide bonds. The van der Waals surface area contributed by atoms with Crippen LogP contribution in [-0.4, -0.2) is 27.8 Å². The molecule has 0 aliphatic rings. The lowest BCUT2D eigenvalue weighted by Gasteiger charge is -2.23. The van der Waals surface area contributed by atoms with Crippen molar-refractivity contribution >= 4 is 16.7 Å². The van der Waals surface area contributed by atoms with Gasteiger partial charge in [-0.1, -0.05) is 18.2 Å². The summed E-state index contributed by atoms with van der Waals surface area (Å²) in [5, 5.41) is 6.72. The summed E-state index contributed by atoms with van der Waals surface area (Å²) in [6, 6.07) is 11.0. The average molecular weight is 411 g/mol. The highest BCUT2D eigenvalue weighted by Crippen LogP contribution is 2.31. The van der Waals surface area contributed by atoms with Gasteiger partial charge in [0.2, 0.25) is 5.89 Å². The van der Waals surface area contributed by atoms with Crippen LogP contribution in [0.4, 0.5) is 18.9 Å². The van der Waals surface area contributed by atoms with Gasteiger partial charge in [0.25, 0.3) is 5.89 Å². The molecule has 0 N–H and O–H groups in total. The van der Waals surface area contributed by atoms with Gasteiger partial charge >= 0.3 is 6.43 Å². The fourth-order valence-electron chi connectivity index (χ4n) is 2.55. The first kappa shape index (κ1) is 19.9. The molecule has 0 spiro atoms. The maximum absolute atomic E-state index is 14.6. The first-order valence-corrected chi connectivity index (χ1v) is 9.56. The lowest BCUT2D eigenvalue weighted by Crippen LogP contribution is -2.25. The summed E-state index contributed by atoms with van der Waals surface area (Å²) in [7, 11) is 0.0333. The van der Waals surface area contributed by atoms with Crippen molar-refractivity contribution in [2.45, 2.75) is 13.0 Å². The van der Waals surface area contributed by atoms with Crippen LogP contribution in [0.5, 0.6) is 5.75 Å². The molecule has 6 nitrogen and oxygen atoms in total. The molecule has 1 aromatic heterocycles. The van der Waals surface area contributed by atoms with Crippen molar-refractivity contribution in [3.63, 3.8) is 0 Å². The molecule has 148 valence electrons. The van der Waals surface area contributed by atoms with Gasteiger partial charge < -0.3 is 9.15 Å². The normalized spacial score (nSPS) is 12.2. The van der Waals surface area contributed by atoms with E-state index in [0.29, 0.717) is 11.4 Å². The third kappa shape index (κ3) is 4.16. The van der Waals surface area contributed by atoms with Crippen molar-refractivity contribution in [2.24, 2.45) is 0 Å². The minimum atomic E-state index is -2.90. The number of rotatable bonds is 7. The highest BCUT2D eigenvalue weighted by molar-refractivity contribution is 7.85. The Labute approximate surface area is 161 Å². The fourth-order valence-corrected chi connectivity index (χ4v) is 3.30. The molecule has 1 atom stereocenters. The minimum absolute atomic E-state index is 0.00170. The topological polar surface area (TPSA) is 68.5 Å². The number of aromatic nitrogens is 2. The summed E-state index contributed by atoms with van der Waals surface area (Å²) in [4.78, 5) is 0. The van der Waals surface area contributed by atoms with Crippen LogP contribution in [0.3, 0.4) is 0 Å². The second-order valence-corrected chi connectivity index (χ2v) is 6.97. The summed E-state index contributed by atoms with van der Waals surface area (Å²) < 4.78 is 63.6. The van der Waals surface area contributed by atoms with E-state index in [2.05, 4.69) is 10.2 Å². The molecule has 0 fully saturated rings. The standard InChI is InChI=1S/C18H16F3N3O3S/c1-26-15-6-4-3-5-14(15)24(28(2)25)10-12-8-7-11(9-13(12)19)17-22-23-18(27-17)16(20)21/h3-9,16H,10H2,1-2H3. The number of ether oxygens (including phenoxy) is 1. The number of hydrogen-bond donors (Lipinski definition) is 0. The zero-order valence-corrected chi connectivity index (χ0v) is 15.8. The number of anilines is 1. The van der Waals surface area contributed by atoms with E-state index >= 15 is 0 Å². The van der Waals surface area contributed by atoms with Crippen LogP contribution in [0, 0.1) is 5.82 Å². The second-order valence-electron chi connectivity index (χ2n) is 5.68. The SMILES string of the molecule is COc1ccccc1N(Cc1ccc(-c2nnc(C(F)F)o2)cc1F)S(C)=O. The molecule has 1 unspecified atom stereocenters. The lowest BCUT2D eigenvalue weighted by atomic mass is 10.1. The summed E-state index contributed by atoms with van der Waals surface area (Å²) in [5.74, 6) is -1.16. The van der Waals surface area contributed by atoms with E-state index in [1.54, 1.807) is 24.3 Å². The average Bonchev–Trinajstić information content (AvgIpc) is 3.17. The predicted molar refractivity (Wildman–Crippen MR) is 97.9 cm³/mol. The summed E-state index contributed by atoms with van der Waals surface area (Å²) >= 11 is 0. The Bertz CT molecular complexity index is 997. The Morgan fingerprint density at radius 1 is 1.21 bits per heavy atom. The zero-order chi connectivity index (χ0) is 20.3. The Balaban J connectivity index is 1.89. The van der Waals surface area contributed by atoms with E-state index in [-0.39, 0.29) is 23.6 Å². The van der Waals surface area contributed by atoms with Crippen molar-refractivity contribution in [2.75, 3.05) is 17.7 Å². The molecule has 1 heterocycles. The Morgan fingerprint density at radius 3 is 2.57 bits per heavy atom. The van der Waals surface area contributed by atoms with Gasteiger partial charge in [0.15, 0.2) is 0 Å². The molecule has 2 aromatic carbocycles. The number of para-hydroxylation sites is 2. The maximum Gasteiger partial charge on any atom is 0.314 e. The van der Waals surface area contributed by atoms with Crippen molar-refractivity contribution in [1.82, 2.24) is 10.2 Å². The monoisotopic (exact) mass is 411 g/mol. The van der Waals surface area contributed by atoms with E-state index in [1.807, 2.05) is 0 Å². The van der Waals surface area contributed by atoms with Gasteiger partial charge in [0, 0.05) is 17.4 Å². The molecule has 0 saturated heterocycles. The smallest absolute Gasteiger partial charge is 0.314 e. The lowest BCUT2D eigenvalue weighted by molar-refractivity contribution is 0.116. The molecule has 0 radical (unpaired) electrons. The first-order chi connectivity index (χ1) is 13.4. The van der Waals surface area contributed by atoms with Gasteiger partial charge in [-0.25, -0.2) is 8.60 Å². The van der Waals surface area contributed by atoms with Crippen molar-refractivity contribution in [3.05, 3.63) is 59.7 Å². The van der Waals surface area contributed by atoms with Crippen molar-refractivity contribution in [1.29, 1.82) is 0 Å². The van der Waals surface area contributed by atoms with Gasteiger partial charge in [-0.2, -0.15) is 8.78 Å². The molecule has 3 aromatic rings. The van der Waals surface area contributed by atoms with Crippen molar-refractivity contribution in [3.8, 4) is 17.2 Å². The van der Waals surface area contributed by atoms with Crippen LogP contribution in [0.15, 0.2) is 46.9 Å². The Morgan fingerprint density at radius 2 is 1.96 bits per heavy atom. The second kappa shape index (κ2) is 8.42. The molecule has 0 saturated carbocycles. The number of nitrogens with zero attached hydrogens (tertiary/aromatic N) is 3. The van der Waals surface area contributed by atoms with E-state index in [4.69, 9.17) is 9.15 Å². The largest absolute Gasteiger partial charge is 0.495 e. The first-order valence-electron chi connectivity index (χ1n) is 8.05. The molecule has 0 aliphatic heterocycles. The van der Waals surface area contributed by atoms with E-state index < -0.39 is 29.1 Å². The third-order valence-electron chi connectivity index (χ3n) is 3.91. The molecule has 0 bridgehead atoms. The number of hydrogen-bond acceptors (Lipinski definition) is 5. The summed E-state index contributed by atoms with van der Waals surface area (Å²) in [5.41, 5.74) is 0.966. The van der Waals surface area contributed by atoms with E-state index in [0.717, 1.165) is 6.07 Å². The van der Waals surface area contributed by atoms with Crippen LogP contribution in [0.25, 0.3) is 11.5 Å². The van der Waals surface area contributed by atoms with Gasteiger partial charge in [0.05, 0.1) is 19.3 Å². The molecule has 0 aliphatic carbocycles. The Kier molecular flexibility index (Phi) is 5.98. The maximum atomic E-state index is 14.6. The number of alkyl halides is 2. The fraction of sp³-hybridized carbons (Fsp3) is 0.222. The predicted octanol–water partition coefficient (Wildman–Crippen LogP) is 4.12. The van der Waals surface area contributed by atoms with Crippen molar-refractivity contribution < 1.29 is 26.5 Å².